The van der Waals surface area contributed by atoms with E-state index >= 15 is 0 Å². The fourth-order valence-corrected chi connectivity index (χ4v) is 4.50. The van der Waals surface area contributed by atoms with Crippen LogP contribution in [0.2, 0.25) is 0 Å². The summed E-state index contributed by atoms with van der Waals surface area (Å²) in [6.07, 6.45) is 4.19. The minimum absolute atomic E-state index is 0. The molecule has 2 saturated heterocycles. The molecular formula is C24H34BrN3O4. The number of para-hydroxylation sites is 2. The van der Waals surface area contributed by atoms with E-state index in [1.165, 1.54) is 6.07 Å². The SMILES string of the molecule is Br.CN1CCC(c2cccc([N+](=O)[O-])c2O)CC1.CN1CCC(c2ccccc2O)CC1. The summed E-state index contributed by atoms with van der Waals surface area (Å²) < 4.78 is 0. The van der Waals surface area contributed by atoms with Crippen molar-refractivity contribution >= 4 is 22.7 Å². The Hall–Kier alpha value is -2.16. The lowest BCUT2D eigenvalue weighted by Gasteiger charge is -2.29. The van der Waals surface area contributed by atoms with E-state index in [1.54, 1.807) is 18.2 Å². The van der Waals surface area contributed by atoms with Gasteiger partial charge in [0.15, 0.2) is 5.75 Å². The number of phenols is 2. The first-order valence-electron chi connectivity index (χ1n) is 11.0. The maximum Gasteiger partial charge on any atom is 0.310 e. The number of aromatic hydroxyl groups is 2. The number of hydrogen-bond acceptors (Lipinski definition) is 6. The Bertz CT molecular complexity index is 879. The van der Waals surface area contributed by atoms with Crippen molar-refractivity contribution in [2.75, 3.05) is 40.3 Å². The fraction of sp³-hybridized carbons (Fsp3) is 0.500. The van der Waals surface area contributed by atoms with Gasteiger partial charge >= 0.3 is 5.69 Å². The summed E-state index contributed by atoms with van der Waals surface area (Å²) >= 11 is 0. The number of nitro benzene ring substituents is 1. The van der Waals surface area contributed by atoms with Crippen LogP contribution in [0.15, 0.2) is 42.5 Å². The van der Waals surface area contributed by atoms with Crippen molar-refractivity contribution in [1.82, 2.24) is 9.80 Å². The van der Waals surface area contributed by atoms with Crippen LogP contribution in [0.25, 0.3) is 0 Å². The molecule has 4 rings (SSSR count). The summed E-state index contributed by atoms with van der Waals surface area (Å²) in [5.74, 6) is 1.08. The fourth-order valence-electron chi connectivity index (χ4n) is 4.50. The van der Waals surface area contributed by atoms with Crippen molar-refractivity contribution in [3.63, 3.8) is 0 Å². The second-order valence-electron chi connectivity index (χ2n) is 8.69. The van der Waals surface area contributed by atoms with Gasteiger partial charge in [-0.15, -0.1) is 17.0 Å². The van der Waals surface area contributed by atoms with Crippen LogP contribution in [0.1, 0.15) is 48.6 Å². The van der Waals surface area contributed by atoms with Crippen LogP contribution >= 0.6 is 17.0 Å². The minimum atomic E-state index is -0.534. The second kappa shape index (κ2) is 12.2. The van der Waals surface area contributed by atoms with Gasteiger partial charge in [-0.05, 0) is 89.4 Å². The predicted octanol–water partition coefficient (Wildman–Crippen LogP) is 4.89. The van der Waals surface area contributed by atoms with E-state index in [9.17, 15) is 20.3 Å². The van der Waals surface area contributed by atoms with E-state index < -0.39 is 4.92 Å². The number of phenolic OH excluding ortho intramolecular Hbond substituents is 2. The Morgan fingerprint density at radius 2 is 1.28 bits per heavy atom. The predicted molar refractivity (Wildman–Crippen MR) is 132 cm³/mol. The molecule has 0 spiro atoms. The molecule has 8 heteroatoms. The number of halogens is 1. The molecule has 2 aromatic carbocycles. The lowest BCUT2D eigenvalue weighted by molar-refractivity contribution is -0.386. The van der Waals surface area contributed by atoms with Crippen LogP contribution in [0, 0.1) is 10.1 Å². The molecule has 2 aromatic rings. The van der Waals surface area contributed by atoms with Gasteiger partial charge in [-0.1, -0.05) is 30.3 Å². The minimum Gasteiger partial charge on any atom is -0.508 e. The highest BCUT2D eigenvalue weighted by Gasteiger charge is 2.25. The standard InChI is InChI=1S/C12H16N2O3.C12H17NO.BrH/c1-13-7-5-9(6-8-13)10-3-2-4-11(12(10)15)14(16)17;1-13-8-6-10(7-9-13)11-4-2-3-5-12(11)14;/h2-4,9,15H,5-8H2,1H3;2-5,10,14H,6-9H2,1H3;1H. The van der Waals surface area contributed by atoms with Crippen molar-refractivity contribution in [2.45, 2.75) is 37.5 Å². The largest absolute Gasteiger partial charge is 0.508 e. The van der Waals surface area contributed by atoms with Gasteiger partial charge in [0.05, 0.1) is 4.92 Å². The molecule has 0 bridgehead atoms. The zero-order chi connectivity index (χ0) is 22.4. The Labute approximate surface area is 200 Å². The van der Waals surface area contributed by atoms with E-state index in [0.717, 1.165) is 57.4 Å². The van der Waals surface area contributed by atoms with Gasteiger partial charge in [-0.2, -0.15) is 0 Å². The topological polar surface area (TPSA) is 90.1 Å². The molecule has 176 valence electrons. The molecule has 2 aliphatic rings. The molecule has 0 radical (unpaired) electrons. The molecule has 0 saturated carbocycles. The van der Waals surface area contributed by atoms with Crippen LogP contribution in [-0.2, 0) is 0 Å². The average molecular weight is 508 g/mol. The van der Waals surface area contributed by atoms with E-state index in [-0.39, 0.29) is 34.3 Å². The van der Waals surface area contributed by atoms with E-state index in [1.807, 2.05) is 18.2 Å². The number of rotatable bonds is 3. The Morgan fingerprint density at radius 1 is 0.812 bits per heavy atom. The van der Waals surface area contributed by atoms with Crippen molar-refractivity contribution in [1.29, 1.82) is 0 Å². The van der Waals surface area contributed by atoms with Gasteiger partial charge in [0.1, 0.15) is 5.75 Å². The molecule has 2 aliphatic heterocycles. The molecular weight excluding hydrogens is 474 g/mol. The van der Waals surface area contributed by atoms with Gasteiger partial charge < -0.3 is 20.0 Å². The van der Waals surface area contributed by atoms with Crippen LogP contribution < -0.4 is 0 Å². The third kappa shape index (κ3) is 6.67. The molecule has 2 heterocycles. The molecule has 7 nitrogen and oxygen atoms in total. The van der Waals surface area contributed by atoms with E-state index in [2.05, 4.69) is 23.9 Å². The first kappa shape index (κ1) is 26.1. The van der Waals surface area contributed by atoms with Gasteiger partial charge in [-0.3, -0.25) is 10.1 Å². The second-order valence-corrected chi connectivity index (χ2v) is 8.69. The van der Waals surface area contributed by atoms with Crippen LogP contribution in [0.3, 0.4) is 0 Å². The van der Waals surface area contributed by atoms with Crippen molar-refractivity contribution in [2.24, 2.45) is 0 Å². The van der Waals surface area contributed by atoms with Gasteiger partial charge in [-0.25, -0.2) is 0 Å². The summed E-state index contributed by atoms with van der Waals surface area (Å²) in [6, 6.07) is 12.5. The maximum atomic E-state index is 10.7. The molecule has 32 heavy (non-hydrogen) atoms. The summed E-state index contributed by atoms with van der Waals surface area (Å²) in [6.45, 7) is 4.21. The summed E-state index contributed by atoms with van der Waals surface area (Å²) in [5.41, 5.74) is 1.65. The maximum absolute atomic E-state index is 10.7. The normalized spacial score (nSPS) is 18.3. The van der Waals surface area contributed by atoms with Crippen LogP contribution in [-0.4, -0.2) is 65.2 Å². The highest BCUT2D eigenvalue weighted by molar-refractivity contribution is 8.93. The lowest BCUT2D eigenvalue weighted by Crippen LogP contribution is -2.29. The van der Waals surface area contributed by atoms with E-state index in [4.69, 9.17) is 0 Å². The molecule has 0 amide bonds. The molecule has 0 atom stereocenters. The van der Waals surface area contributed by atoms with Crippen molar-refractivity contribution in [3.05, 3.63) is 63.7 Å². The van der Waals surface area contributed by atoms with Gasteiger partial charge in [0, 0.05) is 11.6 Å². The first-order chi connectivity index (χ1) is 14.9. The summed E-state index contributed by atoms with van der Waals surface area (Å²) in [5, 5.41) is 30.4. The average Bonchev–Trinajstić information content (AvgIpc) is 2.76. The molecule has 0 unspecified atom stereocenters. The smallest absolute Gasteiger partial charge is 0.310 e. The molecule has 2 fully saturated rings. The summed E-state index contributed by atoms with van der Waals surface area (Å²) in [7, 11) is 4.21. The Balaban J connectivity index is 0.000000224. The van der Waals surface area contributed by atoms with Crippen LogP contribution in [0.5, 0.6) is 11.5 Å². The monoisotopic (exact) mass is 507 g/mol. The number of piperidine rings is 2. The van der Waals surface area contributed by atoms with E-state index in [0.29, 0.717) is 17.2 Å². The lowest BCUT2D eigenvalue weighted by atomic mass is 9.88. The highest BCUT2D eigenvalue weighted by Crippen LogP contribution is 2.38. The van der Waals surface area contributed by atoms with Gasteiger partial charge in [0.2, 0.25) is 0 Å². The zero-order valence-electron chi connectivity index (χ0n) is 18.8. The highest BCUT2D eigenvalue weighted by atomic mass is 79.9. The molecule has 0 aliphatic carbocycles. The van der Waals surface area contributed by atoms with Crippen molar-refractivity contribution in [3.8, 4) is 11.5 Å². The van der Waals surface area contributed by atoms with Crippen molar-refractivity contribution < 1.29 is 15.1 Å². The van der Waals surface area contributed by atoms with Gasteiger partial charge in [0.25, 0.3) is 0 Å². The number of likely N-dealkylation sites (tertiary alicyclic amines) is 2. The number of nitro groups is 1. The molecule has 2 N–H and O–H groups in total. The number of benzene rings is 2. The zero-order valence-corrected chi connectivity index (χ0v) is 20.5. The number of hydrogen-bond donors (Lipinski definition) is 2. The Kier molecular flexibility index (Phi) is 9.93. The quantitative estimate of drug-likeness (QED) is 0.454. The molecule has 0 aromatic heterocycles. The van der Waals surface area contributed by atoms with Crippen LogP contribution in [0.4, 0.5) is 5.69 Å². The Morgan fingerprint density at radius 3 is 1.78 bits per heavy atom. The third-order valence-corrected chi connectivity index (χ3v) is 6.50. The third-order valence-electron chi connectivity index (χ3n) is 6.50. The first-order valence-corrected chi connectivity index (χ1v) is 11.0. The summed E-state index contributed by atoms with van der Waals surface area (Å²) in [4.78, 5) is 14.8. The number of nitrogens with zero attached hydrogens (tertiary/aromatic N) is 3.